The van der Waals surface area contributed by atoms with Gasteiger partial charge in [0.25, 0.3) is 0 Å². The molecular weight excluding hydrogens is 714 g/mol. The van der Waals surface area contributed by atoms with Crippen molar-refractivity contribution in [1.82, 2.24) is 37.2 Å². The van der Waals surface area contributed by atoms with Crippen LogP contribution in [0.3, 0.4) is 0 Å². The lowest BCUT2D eigenvalue weighted by molar-refractivity contribution is -0.139. The first-order chi connectivity index (χ1) is 25.7. The molecule has 12 N–H and O–H groups in total. The van der Waals surface area contributed by atoms with Gasteiger partial charge in [0.05, 0.1) is 18.7 Å². The van der Waals surface area contributed by atoms with E-state index in [0.717, 1.165) is 12.0 Å². The molecule has 0 spiro atoms. The molecule has 18 heteroatoms. The lowest BCUT2D eigenvalue weighted by atomic mass is 9.96. The minimum absolute atomic E-state index is 0.214. The van der Waals surface area contributed by atoms with Crippen LogP contribution in [0, 0.1) is 5.92 Å². The first-order valence-electron chi connectivity index (χ1n) is 18.5. The average molecular weight is 774 g/mol. The summed E-state index contributed by atoms with van der Waals surface area (Å²) < 4.78 is 0. The van der Waals surface area contributed by atoms with E-state index in [9.17, 15) is 43.5 Å². The second-order valence-electron chi connectivity index (χ2n) is 15.2. The highest BCUT2D eigenvalue weighted by Gasteiger charge is 2.40. The third kappa shape index (κ3) is 15.3. The maximum Gasteiger partial charge on any atom is 0.246 e. The summed E-state index contributed by atoms with van der Waals surface area (Å²) in [6.07, 6.45) is 0.621. The zero-order valence-corrected chi connectivity index (χ0v) is 32.6. The summed E-state index contributed by atoms with van der Waals surface area (Å²) in [4.78, 5) is 103. The summed E-state index contributed by atoms with van der Waals surface area (Å²) >= 11 is 0. The Hall–Kier alpha value is -5.10. The van der Waals surface area contributed by atoms with Crippen molar-refractivity contribution in [3.63, 3.8) is 0 Å². The van der Waals surface area contributed by atoms with Crippen molar-refractivity contribution < 1.29 is 43.5 Å². The molecule has 1 fully saturated rings. The van der Waals surface area contributed by atoms with Gasteiger partial charge in [0, 0.05) is 12.8 Å². The van der Waals surface area contributed by atoms with E-state index < -0.39 is 89.2 Å². The summed E-state index contributed by atoms with van der Waals surface area (Å²) in [5.74, 6) is -6.00. The smallest absolute Gasteiger partial charge is 0.246 e. The van der Waals surface area contributed by atoms with Crippen molar-refractivity contribution in [1.29, 1.82) is 0 Å². The highest BCUT2D eigenvalue weighted by molar-refractivity contribution is 5.99. The number of benzene rings is 1. The first-order valence-corrected chi connectivity index (χ1v) is 18.5. The van der Waals surface area contributed by atoms with Gasteiger partial charge in [-0.15, -0.1) is 0 Å². The number of aliphatic hydroxyl groups is 1. The highest BCUT2D eigenvalue weighted by Crippen LogP contribution is 2.14. The minimum atomic E-state index is -1.70. The molecule has 0 aliphatic carbocycles. The number of amides is 8. The normalized spacial score (nSPS) is 16.5. The number of hydrogen-bond acceptors (Lipinski definition) is 10. The van der Waals surface area contributed by atoms with Crippen molar-refractivity contribution in [3.8, 4) is 0 Å². The van der Waals surface area contributed by atoms with Crippen molar-refractivity contribution in [2.24, 2.45) is 17.4 Å². The monoisotopic (exact) mass is 773 g/mol. The zero-order valence-electron chi connectivity index (χ0n) is 32.6. The van der Waals surface area contributed by atoms with Crippen molar-refractivity contribution in [2.45, 2.75) is 128 Å². The SMILES string of the molecule is CC(C)C(NC(=O)C1CCCN1)C(=O)NC(C)(C)C(=O)NC(C)(C)C(=O)NC(CCC(N)=O)C(=O)NC(CCC(N)=O)C(=O)NC(CO)Cc1ccccc1. The molecule has 0 bridgehead atoms. The molecule has 55 heavy (non-hydrogen) atoms. The molecule has 8 amide bonds. The fourth-order valence-electron chi connectivity index (χ4n) is 5.72. The summed E-state index contributed by atoms with van der Waals surface area (Å²) in [6.45, 7) is 9.34. The largest absolute Gasteiger partial charge is 0.394 e. The Bertz CT molecular complexity index is 1530. The summed E-state index contributed by atoms with van der Waals surface area (Å²) in [5, 5.41) is 28.7. The summed E-state index contributed by atoms with van der Waals surface area (Å²) in [7, 11) is 0. The number of nitrogens with one attached hydrogen (secondary N) is 7. The van der Waals surface area contributed by atoms with Crippen LogP contribution in [0.2, 0.25) is 0 Å². The topological polar surface area (TPSA) is 293 Å². The zero-order chi connectivity index (χ0) is 41.5. The molecule has 1 saturated heterocycles. The highest BCUT2D eigenvalue weighted by atomic mass is 16.3. The van der Waals surface area contributed by atoms with E-state index in [1.54, 1.807) is 26.0 Å². The molecule has 5 unspecified atom stereocenters. The Morgan fingerprint density at radius 1 is 0.764 bits per heavy atom. The van der Waals surface area contributed by atoms with Crippen molar-refractivity contribution >= 4 is 47.3 Å². The molecule has 1 aliphatic heterocycles. The third-order valence-corrected chi connectivity index (χ3v) is 9.13. The van der Waals surface area contributed by atoms with Gasteiger partial charge in [-0.25, -0.2) is 0 Å². The van der Waals surface area contributed by atoms with Gasteiger partial charge in [-0.2, -0.15) is 0 Å². The van der Waals surface area contributed by atoms with E-state index in [0.29, 0.717) is 13.0 Å². The van der Waals surface area contributed by atoms with E-state index in [1.165, 1.54) is 27.7 Å². The molecule has 1 heterocycles. The van der Waals surface area contributed by atoms with Crippen LogP contribution in [0.5, 0.6) is 0 Å². The Morgan fingerprint density at radius 2 is 1.31 bits per heavy atom. The Kier molecular flexibility index (Phi) is 17.7. The van der Waals surface area contributed by atoms with Crippen LogP contribution in [-0.2, 0) is 44.8 Å². The second kappa shape index (κ2) is 21.1. The molecule has 1 aromatic carbocycles. The number of nitrogens with two attached hydrogens (primary N) is 2. The van der Waals surface area contributed by atoms with Crippen LogP contribution in [0.25, 0.3) is 0 Å². The number of carbonyl (C=O) groups excluding carboxylic acids is 8. The standard InChI is InChI=1S/C37H59N9O9/c1-21(2)29(44-30(50)24-13-10-18-40-24)33(53)45-37(5,6)35(55)46-36(3,4)34(54)43-26(15-17-28(39)49)32(52)42-25(14-16-27(38)48)31(51)41-23(20-47)19-22-11-8-7-9-12-22/h7-9,11-12,21,23-26,29,40,47H,10,13-20H2,1-6H3,(H2,38,48)(H2,39,49)(H,41,51)(H,42,52)(H,43,54)(H,44,50)(H,45,53)(H,46,55). The number of rotatable bonds is 22. The first kappa shape index (κ1) is 46.1. The van der Waals surface area contributed by atoms with Crippen LogP contribution in [-0.4, -0.2) is 107 Å². The van der Waals surface area contributed by atoms with Crippen LogP contribution in [0.15, 0.2) is 30.3 Å². The van der Waals surface area contributed by atoms with Crippen LogP contribution < -0.4 is 48.7 Å². The predicted octanol–water partition coefficient (Wildman–Crippen LogP) is -2.11. The molecule has 18 nitrogen and oxygen atoms in total. The van der Waals surface area contributed by atoms with E-state index in [1.807, 2.05) is 18.2 Å². The Balaban J connectivity index is 2.17. The molecule has 0 aromatic heterocycles. The maximum absolute atomic E-state index is 13.6. The molecule has 1 aromatic rings. The molecule has 1 aliphatic rings. The van der Waals surface area contributed by atoms with Gasteiger partial charge in [-0.05, 0) is 77.8 Å². The molecule has 5 atom stereocenters. The number of primary amides is 2. The molecule has 0 radical (unpaired) electrons. The van der Waals surface area contributed by atoms with E-state index >= 15 is 0 Å². The van der Waals surface area contributed by atoms with E-state index in [2.05, 4.69) is 37.2 Å². The summed E-state index contributed by atoms with van der Waals surface area (Å²) in [5.41, 5.74) is 8.21. The van der Waals surface area contributed by atoms with Gasteiger partial charge >= 0.3 is 0 Å². The molecule has 0 saturated carbocycles. The van der Waals surface area contributed by atoms with E-state index in [-0.39, 0.29) is 43.9 Å². The van der Waals surface area contributed by atoms with Crippen LogP contribution in [0.4, 0.5) is 0 Å². The van der Waals surface area contributed by atoms with Gasteiger partial charge < -0.3 is 53.8 Å². The van der Waals surface area contributed by atoms with Crippen molar-refractivity contribution in [2.75, 3.05) is 13.2 Å². The molecular formula is C37H59N9O9. The summed E-state index contributed by atoms with van der Waals surface area (Å²) in [6, 6.07) is 4.17. The lowest BCUT2D eigenvalue weighted by Gasteiger charge is -2.34. The molecule has 2 rings (SSSR count). The molecule has 306 valence electrons. The van der Waals surface area contributed by atoms with Crippen molar-refractivity contribution in [3.05, 3.63) is 35.9 Å². The Morgan fingerprint density at radius 3 is 1.82 bits per heavy atom. The number of aliphatic hydroxyl groups excluding tert-OH is 1. The number of hydrogen-bond donors (Lipinski definition) is 10. The average Bonchev–Trinajstić information content (AvgIpc) is 3.65. The minimum Gasteiger partial charge on any atom is -0.394 e. The van der Waals surface area contributed by atoms with Gasteiger partial charge in [-0.1, -0.05) is 44.2 Å². The van der Waals surface area contributed by atoms with Gasteiger partial charge in [0.2, 0.25) is 47.3 Å². The lowest BCUT2D eigenvalue weighted by Crippen LogP contribution is -2.66. The van der Waals surface area contributed by atoms with Gasteiger partial charge in [0.1, 0.15) is 29.2 Å². The number of carbonyl (C=O) groups is 8. The quantitative estimate of drug-likeness (QED) is 0.0612. The predicted molar refractivity (Wildman–Crippen MR) is 202 cm³/mol. The van der Waals surface area contributed by atoms with Crippen LogP contribution >= 0.6 is 0 Å². The van der Waals surface area contributed by atoms with Gasteiger partial charge in [-0.3, -0.25) is 38.4 Å². The van der Waals surface area contributed by atoms with E-state index in [4.69, 9.17) is 11.5 Å². The fourth-order valence-corrected chi connectivity index (χ4v) is 5.72. The maximum atomic E-state index is 13.6. The second-order valence-corrected chi connectivity index (χ2v) is 15.2. The Labute approximate surface area is 321 Å². The van der Waals surface area contributed by atoms with Crippen LogP contribution in [0.1, 0.15) is 85.6 Å². The third-order valence-electron chi connectivity index (χ3n) is 9.13. The fraction of sp³-hybridized carbons (Fsp3) is 0.622. The van der Waals surface area contributed by atoms with Gasteiger partial charge in [0.15, 0.2) is 0 Å².